The van der Waals surface area contributed by atoms with Crippen LogP contribution in [0.3, 0.4) is 0 Å². The predicted octanol–water partition coefficient (Wildman–Crippen LogP) is 3.05. The maximum Gasteiger partial charge on any atom is 0.261 e. The zero-order chi connectivity index (χ0) is 15.7. The molecule has 0 bridgehead atoms. The first-order chi connectivity index (χ1) is 10.6. The molecule has 0 unspecified atom stereocenters. The maximum absolute atomic E-state index is 12.5. The number of nitrogens with zero attached hydrogens (tertiary/aromatic N) is 1. The van der Waals surface area contributed by atoms with Gasteiger partial charge < -0.3 is 5.11 Å². The van der Waals surface area contributed by atoms with Crippen LogP contribution in [-0.4, -0.2) is 16.9 Å². The van der Waals surface area contributed by atoms with Gasteiger partial charge in [-0.05, 0) is 31.2 Å². The number of phenolic OH excluding ortho intramolecular Hbond substituents is 1. The molecule has 1 aliphatic heterocycles. The molecule has 2 amide bonds. The third-order valence-electron chi connectivity index (χ3n) is 3.63. The molecular weight excluding hydrogens is 278 g/mol. The van der Waals surface area contributed by atoms with E-state index in [-0.39, 0.29) is 24.0 Å². The first kappa shape index (κ1) is 14.1. The fraction of sp³-hybridized carbons (Fsp3) is 0.111. The second kappa shape index (κ2) is 5.48. The monoisotopic (exact) mass is 293 g/mol. The second-order valence-electron chi connectivity index (χ2n) is 5.28. The van der Waals surface area contributed by atoms with E-state index in [0.717, 1.165) is 5.56 Å². The molecule has 0 aliphatic carbocycles. The number of aromatic hydroxyl groups is 1. The molecule has 2 aromatic carbocycles. The van der Waals surface area contributed by atoms with Crippen LogP contribution in [0.1, 0.15) is 17.5 Å². The highest BCUT2D eigenvalue weighted by Gasteiger charge is 2.34. The average molecular weight is 293 g/mol. The number of imide groups is 1. The average Bonchev–Trinajstić information content (AvgIpc) is 2.77. The fourth-order valence-electron chi connectivity index (χ4n) is 2.44. The maximum atomic E-state index is 12.5. The van der Waals surface area contributed by atoms with Gasteiger partial charge in [-0.2, -0.15) is 0 Å². The number of phenols is 1. The van der Waals surface area contributed by atoms with E-state index in [0.29, 0.717) is 16.8 Å². The first-order valence-corrected chi connectivity index (χ1v) is 6.99. The Labute approximate surface area is 128 Å². The number of aryl methyl sites for hydroxylation is 1. The van der Waals surface area contributed by atoms with Gasteiger partial charge in [0, 0.05) is 11.1 Å². The van der Waals surface area contributed by atoms with Gasteiger partial charge in [-0.25, -0.2) is 4.90 Å². The summed E-state index contributed by atoms with van der Waals surface area (Å²) >= 11 is 0. The van der Waals surface area contributed by atoms with Gasteiger partial charge in [-0.3, -0.25) is 9.59 Å². The number of hydrogen-bond donors (Lipinski definition) is 1. The van der Waals surface area contributed by atoms with Gasteiger partial charge in [0.05, 0.1) is 12.1 Å². The lowest BCUT2D eigenvalue weighted by atomic mass is 10.1. The molecule has 1 aliphatic rings. The minimum atomic E-state index is -0.336. The van der Waals surface area contributed by atoms with Crippen LogP contribution < -0.4 is 4.90 Å². The molecule has 2 aromatic rings. The number of carbonyl (C=O) groups excluding carboxylic acids is 2. The van der Waals surface area contributed by atoms with Crippen LogP contribution in [0.15, 0.2) is 54.1 Å². The molecule has 1 heterocycles. The minimum absolute atomic E-state index is 0.0427. The van der Waals surface area contributed by atoms with Crippen LogP contribution in [-0.2, 0) is 9.59 Å². The quantitative estimate of drug-likeness (QED) is 0.684. The highest BCUT2D eigenvalue weighted by Crippen LogP contribution is 2.29. The molecule has 3 rings (SSSR count). The standard InChI is InChI=1S/C18H15NO3/c1-12-6-8-15(9-7-12)19-17(21)11-14(18(19)22)10-13-4-2-3-5-16(13)20/h2-10,20H,11H2,1H3. The largest absolute Gasteiger partial charge is 0.507 e. The number of carbonyl (C=O) groups is 2. The topological polar surface area (TPSA) is 57.6 Å². The normalized spacial score (nSPS) is 16.6. The Kier molecular flexibility index (Phi) is 3.51. The van der Waals surface area contributed by atoms with Crippen LogP contribution in [0, 0.1) is 6.92 Å². The SMILES string of the molecule is Cc1ccc(N2C(=O)CC(=Cc3ccccc3O)C2=O)cc1. The van der Waals surface area contributed by atoms with Gasteiger partial charge in [0.15, 0.2) is 0 Å². The van der Waals surface area contributed by atoms with Crippen LogP contribution in [0.5, 0.6) is 5.75 Å². The molecule has 110 valence electrons. The summed E-state index contributed by atoms with van der Waals surface area (Å²) in [4.78, 5) is 25.8. The van der Waals surface area contributed by atoms with Gasteiger partial charge in [0.25, 0.3) is 5.91 Å². The summed E-state index contributed by atoms with van der Waals surface area (Å²) in [5.74, 6) is -0.503. The summed E-state index contributed by atoms with van der Waals surface area (Å²) in [5.41, 5.74) is 2.55. The van der Waals surface area contributed by atoms with E-state index in [2.05, 4.69) is 0 Å². The van der Waals surface area contributed by atoms with Crippen molar-refractivity contribution < 1.29 is 14.7 Å². The van der Waals surface area contributed by atoms with Crippen molar-refractivity contribution in [3.8, 4) is 5.75 Å². The van der Waals surface area contributed by atoms with E-state index in [1.54, 1.807) is 42.5 Å². The lowest BCUT2D eigenvalue weighted by Gasteiger charge is -2.13. The number of benzene rings is 2. The van der Waals surface area contributed by atoms with Crippen molar-refractivity contribution in [1.29, 1.82) is 0 Å². The van der Waals surface area contributed by atoms with Gasteiger partial charge in [-0.1, -0.05) is 35.9 Å². The van der Waals surface area contributed by atoms with Crippen LogP contribution in [0.4, 0.5) is 5.69 Å². The van der Waals surface area contributed by atoms with Crippen molar-refractivity contribution in [2.24, 2.45) is 0 Å². The zero-order valence-electron chi connectivity index (χ0n) is 12.1. The lowest BCUT2D eigenvalue weighted by Crippen LogP contribution is -2.28. The first-order valence-electron chi connectivity index (χ1n) is 6.99. The van der Waals surface area contributed by atoms with E-state index in [1.807, 2.05) is 19.1 Å². The van der Waals surface area contributed by atoms with E-state index in [9.17, 15) is 14.7 Å². The predicted molar refractivity (Wildman–Crippen MR) is 84.4 cm³/mol. The molecule has 4 heteroatoms. The second-order valence-corrected chi connectivity index (χ2v) is 5.28. The number of anilines is 1. The molecule has 0 aromatic heterocycles. The van der Waals surface area contributed by atoms with Crippen molar-refractivity contribution in [3.05, 3.63) is 65.2 Å². The zero-order valence-corrected chi connectivity index (χ0v) is 12.1. The van der Waals surface area contributed by atoms with Gasteiger partial charge >= 0.3 is 0 Å². The Hall–Kier alpha value is -2.88. The smallest absolute Gasteiger partial charge is 0.261 e. The van der Waals surface area contributed by atoms with E-state index < -0.39 is 0 Å². The van der Waals surface area contributed by atoms with Crippen LogP contribution in [0.25, 0.3) is 6.08 Å². The Morgan fingerprint density at radius 2 is 1.73 bits per heavy atom. The third kappa shape index (κ3) is 2.51. The number of hydrogen-bond acceptors (Lipinski definition) is 3. The molecule has 0 radical (unpaired) electrons. The molecule has 0 spiro atoms. The Balaban J connectivity index is 1.95. The van der Waals surface area contributed by atoms with E-state index in [4.69, 9.17) is 0 Å². The molecular formula is C18H15NO3. The molecule has 0 atom stereocenters. The highest BCUT2D eigenvalue weighted by atomic mass is 16.3. The molecule has 1 N–H and O–H groups in total. The summed E-state index contributed by atoms with van der Waals surface area (Å²) in [6, 6.07) is 14.0. The van der Waals surface area contributed by atoms with Gasteiger partial charge in [0.2, 0.25) is 5.91 Å². The summed E-state index contributed by atoms with van der Waals surface area (Å²) in [5, 5.41) is 9.78. The van der Waals surface area contributed by atoms with Crippen LogP contribution in [0.2, 0.25) is 0 Å². The summed E-state index contributed by atoms with van der Waals surface area (Å²) in [6.45, 7) is 1.95. The highest BCUT2D eigenvalue weighted by molar-refractivity contribution is 6.29. The molecule has 0 saturated carbocycles. The van der Waals surface area contributed by atoms with E-state index >= 15 is 0 Å². The molecule has 22 heavy (non-hydrogen) atoms. The van der Waals surface area contributed by atoms with Crippen molar-refractivity contribution in [1.82, 2.24) is 0 Å². The minimum Gasteiger partial charge on any atom is -0.507 e. The number of amides is 2. The van der Waals surface area contributed by atoms with Crippen molar-refractivity contribution in [2.75, 3.05) is 4.90 Å². The Bertz CT molecular complexity index is 775. The molecule has 1 fully saturated rings. The van der Waals surface area contributed by atoms with Crippen LogP contribution >= 0.6 is 0 Å². The lowest BCUT2D eigenvalue weighted by molar-refractivity contribution is -0.120. The van der Waals surface area contributed by atoms with Gasteiger partial charge in [0.1, 0.15) is 5.75 Å². The number of rotatable bonds is 2. The number of para-hydroxylation sites is 1. The Morgan fingerprint density at radius 3 is 2.41 bits per heavy atom. The Morgan fingerprint density at radius 1 is 1.05 bits per heavy atom. The fourth-order valence-corrected chi connectivity index (χ4v) is 2.44. The van der Waals surface area contributed by atoms with Crippen molar-refractivity contribution >= 4 is 23.6 Å². The molecule has 4 nitrogen and oxygen atoms in total. The summed E-state index contributed by atoms with van der Waals surface area (Å²) in [6.07, 6.45) is 1.62. The van der Waals surface area contributed by atoms with Crippen molar-refractivity contribution in [3.63, 3.8) is 0 Å². The van der Waals surface area contributed by atoms with Crippen molar-refractivity contribution in [2.45, 2.75) is 13.3 Å². The third-order valence-corrected chi connectivity index (χ3v) is 3.63. The van der Waals surface area contributed by atoms with Gasteiger partial charge in [-0.15, -0.1) is 0 Å². The van der Waals surface area contributed by atoms with E-state index in [1.165, 1.54) is 4.90 Å². The summed E-state index contributed by atoms with van der Waals surface area (Å²) < 4.78 is 0. The molecule has 1 saturated heterocycles. The summed E-state index contributed by atoms with van der Waals surface area (Å²) in [7, 11) is 0.